The SMILES string of the molecule is COc1ccc(SCC/C(=N\[C@@H]2C[C@@H]2C(C)=O)c2ccc(Cl)c3ccccc23)cc1. The molecule has 1 aliphatic carbocycles. The molecule has 0 aliphatic heterocycles. The molecule has 154 valence electrons. The van der Waals surface area contributed by atoms with Crippen LogP contribution in [0.3, 0.4) is 0 Å². The third-order valence-electron chi connectivity index (χ3n) is 5.45. The van der Waals surface area contributed by atoms with Crippen molar-refractivity contribution in [3.05, 3.63) is 71.2 Å². The summed E-state index contributed by atoms with van der Waals surface area (Å²) in [6.45, 7) is 1.66. The van der Waals surface area contributed by atoms with Gasteiger partial charge in [0.25, 0.3) is 0 Å². The molecule has 0 heterocycles. The van der Waals surface area contributed by atoms with Gasteiger partial charge in [0, 0.05) is 38.3 Å². The van der Waals surface area contributed by atoms with Crippen molar-refractivity contribution in [2.75, 3.05) is 12.9 Å². The van der Waals surface area contributed by atoms with E-state index in [1.165, 1.54) is 4.90 Å². The first kappa shape index (κ1) is 21.0. The molecule has 3 aromatic carbocycles. The van der Waals surface area contributed by atoms with Gasteiger partial charge in [0.15, 0.2) is 0 Å². The lowest BCUT2D eigenvalue weighted by Gasteiger charge is -2.12. The first-order chi connectivity index (χ1) is 14.6. The standard InChI is InChI=1S/C25H24ClNO2S/c1-16(28)22-15-25(22)27-24(13-14-30-18-9-7-17(29-2)8-10-18)21-11-12-23(26)20-6-4-3-5-19(20)21/h3-12,22,25H,13-15H2,1-2H3/b27-24+/t22-,25-/m1/s1. The van der Waals surface area contributed by atoms with E-state index >= 15 is 0 Å². The van der Waals surface area contributed by atoms with Gasteiger partial charge in [-0.25, -0.2) is 0 Å². The molecule has 0 amide bonds. The van der Waals surface area contributed by atoms with Crippen molar-refractivity contribution in [1.29, 1.82) is 0 Å². The van der Waals surface area contributed by atoms with Gasteiger partial charge in [-0.3, -0.25) is 9.79 Å². The predicted octanol–water partition coefficient (Wildman–Crippen LogP) is 6.45. The van der Waals surface area contributed by atoms with Crippen LogP contribution < -0.4 is 4.74 Å². The summed E-state index contributed by atoms with van der Waals surface area (Å²) < 4.78 is 5.23. The van der Waals surface area contributed by atoms with Crippen molar-refractivity contribution >= 4 is 45.6 Å². The number of aliphatic imine (C=N–C) groups is 1. The molecule has 0 N–H and O–H groups in total. The van der Waals surface area contributed by atoms with Crippen LogP contribution in [0.25, 0.3) is 10.8 Å². The van der Waals surface area contributed by atoms with Gasteiger partial charge in [0.2, 0.25) is 0 Å². The second kappa shape index (κ2) is 9.23. The zero-order valence-corrected chi connectivity index (χ0v) is 18.7. The maximum atomic E-state index is 11.7. The Hall–Kier alpha value is -2.30. The van der Waals surface area contributed by atoms with Gasteiger partial charge in [-0.15, -0.1) is 11.8 Å². The summed E-state index contributed by atoms with van der Waals surface area (Å²) in [4.78, 5) is 18.0. The van der Waals surface area contributed by atoms with Crippen molar-refractivity contribution in [2.24, 2.45) is 10.9 Å². The van der Waals surface area contributed by atoms with Crippen LogP contribution in [0.15, 0.2) is 70.6 Å². The fourth-order valence-corrected chi connectivity index (χ4v) is 4.77. The largest absolute Gasteiger partial charge is 0.497 e. The molecule has 0 bridgehead atoms. The smallest absolute Gasteiger partial charge is 0.135 e. The van der Waals surface area contributed by atoms with E-state index < -0.39 is 0 Å². The predicted molar refractivity (Wildman–Crippen MR) is 126 cm³/mol. The van der Waals surface area contributed by atoms with Crippen LogP contribution in [0.2, 0.25) is 5.02 Å². The maximum absolute atomic E-state index is 11.7. The quantitative estimate of drug-likeness (QED) is 0.300. The molecule has 1 saturated carbocycles. The molecule has 5 heteroatoms. The number of carbonyl (C=O) groups excluding carboxylic acids is 1. The van der Waals surface area contributed by atoms with E-state index in [1.54, 1.807) is 25.8 Å². The van der Waals surface area contributed by atoms with Gasteiger partial charge < -0.3 is 4.74 Å². The third-order valence-corrected chi connectivity index (χ3v) is 6.79. The number of hydrogen-bond acceptors (Lipinski definition) is 4. The highest BCUT2D eigenvalue weighted by molar-refractivity contribution is 7.99. The molecule has 0 spiro atoms. The Morgan fingerprint density at radius 2 is 1.83 bits per heavy atom. The Bertz CT molecular complexity index is 1090. The number of carbonyl (C=O) groups is 1. The highest BCUT2D eigenvalue weighted by Crippen LogP contribution is 2.36. The molecular formula is C25H24ClNO2S. The Balaban J connectivity index is 1.58. The normalized spacial score (nSPS) is 18.4. The molecule has 2 atom stereocenters. The van der Waals surface area contributed by atoms with E-state index in [9.17, 15) is 4.79 Å². The lowest BCUT2D eigenvalue weighted by atomic mass is 9.99. The van der Waals surface area contributed by atoms with Crippen LogP contribution >= 0.6 is 23.4 Å². The van der Waals surface area contributed by atoms with Crippen LogP contribution in [-0.2, 0) is 4.79 Å². The number of ketones is 1. The minimum Gasteiger partial charge on any atom is -0.497 e. The molecule has 4 rings (SSSR count). The van der Waals surface area contributed by atoms with Crippen LogP contribution in [0, 0.1) is 5.92 Å². The van der Waals surface area contributed by atoms with Gasteiger partial charge in [-0.2, -0.15) is 0 Å². The molecule has 3 nitrogen and oxygen atoms in total. The van der Waals surface area contributed by atoms with Crippen molar-refractivity contribution in [1.82, 2.24) is 0 Å². The lowest BCUT2D eigenvalue weighted by Crippen LogP contribution is -2.07. The third kappa shape index (κ3) is 4.71. The summed E-state index contributed by atoms with van der Waals surface area (Å²) in [5, 5.41) is 2.89. The maximum Gasteiger partial charge on any atom is 0.135 e. The van der Waals surface area contributed by atoms with Gasteiger partial charge in [-0.1, -0.05) is 41.9 Å². The van der Waals surface area contributed by atoms with E-state index in [-0.39, 0.29) is 17.7 Å². The zero-order chi connectivity index (χ0) is 21.1. The highest BCUT2D eigenvalue weighted by Gasteiger charge is 2.41. The summed E-state index contributed by atoms with van der Waals surface area (Å²) in [6.07, 6.45) is 1.68. The summed E-state index contributed by atoms with van der Waals surface area (Å²) in [5.74, 6) is 2.07. The number of fused-ring (bicyclic) bond motifs is 1. The van der Waals surface area contributed by atoms with Gasteiger partial charge in [-0.05, 0) is 55.5 Å². The molecule has 0 saturated heterocycles. The number of halogens is 1. The molecule has 0 unspecified atom stereocenters. The second-order valence-electron chi connectivity index (χ2n) is 7.51. The molecule has 0 aromatic heterocycles. The van der Waals surface area contributed by atoms with Crippen molar-refractivity contribution in [2.45, 2.75) is 30.7 Å². The lowest BCUT2D eigenvalue weighted by molar-refractivity contribution is -0.118. The summed E-state index contributed by atoms with van der Waals surface area (Å²) in [6, 6.07) is 20.4. The van der Waals surface area contributed by atoms with E-state index in [2.05, 4.69) is 24.3 Å². The van der Waals surface area contributed by atoms with Crippen molar-refractivity contribution < 1.29 is 9.53 Å². The Kier molecular flexibility index (Phi) is 6.45. The molecule has 0 radical (unpaired) electrons. The molecule has 30 heavy (non-hydrogen) atoms. The summed E-state index contributed by atoms with van der Waals surface area (Å²) >= 11 is 8.22. The van der Waals surface area contributed by atoms with Gasteiger partial charge in [0.1, 0.15) is 11.5 Å². The van der Waals surface area contributed by atoms with Crippen LogP contribution in [0.5, 0.6) is 5.75 Å². The Morgan fingerprint density at radius 1 is 1.10 bits per heavy atom. The highest BCUT2D eigenvalue weighted by atomic mass is 35.5. The van der Waals surface area contributed by atoms with Crippen molar-refractivity contribution in [3.63, 3.8) is 0 Å². The number of rotatable bonds is 8. The second-order valence-corrected chi connectivity index (χ2v) is 9.09. The van der Waals surface area contributed by atoms with E-state index in [0.29, 0.717) is 0 Å². The number of benzene rings is 3. The van der Waals surface area contributed by atoms with E-state index in [1.807, 2.05) is 36.4 Å². The zero-order valence-electron chi connectivity index (χ0n) is 17.1. The van der Waals surface area contributed by atoms with E-state index in [4.69, 9.17) is 21.3 Å². The Labute approximate surface area is 186 Å². The minimum atomic E-state index is 0.0767. The van der Waals surface area contributed by atoms with Crippen LogP contribution in [0.4, 0.5) is 0 Å². The average molecular weight is 438 g/mol. The van der Waals surface area contributed by atoms with Crippen LogP contribution in [-0.4, -0.2) is 30.4 Å². The first-order valence-corrected chi connectivity index (χ1v) is 11.4. The molecular weight excluding hydrogens is 414 g/mol. The monoisotopic (exact) mass is 437 g/mol. The average Bonchev–Trinajstić information content (AvgIpc) is 3.54. The first-order valence-electron chi connectivity index (χ1n) is 10.1. The van der Waals surface area contributed by atoms with Gasteiger partial charge in [0.05, 0.1) is 13.2 Å². The number of thioether (sulfide) groups is 1. The summed E-state index contributed by atoms with van der Waals surface area (Å²) in [5.41, 5.74) is 2.16. The number of methoxy groups -OCH3 is 1. The molecule has 3 aromatic rings. The number of ether oxygens (including phenoxy) is 1. The van der Waals surface area contributed by atoms with Crippen molar-refractivity contribution in [3.8, 4) is 5.75 Å². The van der Waals surface area contributed by atoms with E-state index in [0.717, 1.165) is 51.4 Å². The fourth-order valence-electron chi connectivity index (χ4n) is 3.68. The van der Waals surface area contributed by atoms with Crippen LogP contribution in [0.1, 0.15) is 25.3 Å². The minimum absolute atomic E-state index is 0.0767. The molecule has 1 aliphatic rings. The number of nitrogens with zero attached hydrogens (tertiary/aromatic N) is 1. The topological polar surface area (TPSA) is 38.7 Å². The summed E-state index contributed by atoms with van der Waals surface area (Å²) in [7, 11) is 1.67. The number of hydrogen-bond donors (Lipinski definition) is 0. The Morgan fingerprint density at radius 3 is 2.50 bits per heavy atom. The number of Topliss-reactive ketones (excluding diaryl/α,β-unsaturated/α-hetero) is 1. The van der Waals surface area contributed by atoms with Gasteiger partial charge >= 0.3 is 0 Å². The fraction of sp³-hybridized carbons (Fsp3) is 0.280. The molecule has 1 fully saturated rings.